The first-order valence-corrected chi connectivity index (χ1v) is 10.0. The Morgan fingerprint density at radius 3 is 2.96 bits per heavy atom. The minimum absolute atomic E-state index is 0.262. The van der Waals surface area contributed by atoms with Crippen molar-refractivity contribution in [3.8, 4) is 0 Å². The smallest absolute Gasteiger partial charge is 0.250 e. The summed E-state index contributed by atoms with van der Waals surface area (Å²) in [4.78, 5) is 0. The van der Waals surface area contributed by atoms with Crippen LogP contribution in [-0.2, 0) is 26.1 Å². The van der Waals surface area contributed by atoms with Crippen molar-refractivity contribution in [2.24, 2.45) is 0 Å². The van der Waals surface area contributed by atoms with E-state index in [1.54, 1.807) is 17.5 Å². The van der Waals surface area contributed by atoms with Crippen LogP contribution in [0.5, 0.6) is 0 Å². The first kappa shape index (κ1) is 17.6. The van der Waals surface area contributed by atoms with Crippen LogP contribution < -0.4 is 4.72 Å². The van der Waals surface area contributed by atoms with Gasteiger partial charge in [0.25, 0.3) is 0 Å². The summed E-state index contributed by atoms with van der Waals surface area (Å²) in [6, 6.07) is 2.87. The number of rotatable bonds is 6. The monoisotopic (exact) mass is 372 g/mol. The van der Waals surface area contributed by atoms with Crippen LogP contribution in [0.25, 0.3) is 0 Å². The van der Waals surface area contributed by atoms with Gasteiger partial charge in [-0.1, -0.05) is 11.2 Å². The van der Waals surface area contributed by atoms with E-state index in [1.165, 1.54) is 11.3 Å². The summed E-state index contributed by atoms with van der Waals surface area (Å²) < 4.78 is 44.3. The van der Waals surface area contributed by atoms with Gasteiger partial charge in [-0.3, -0.25) is 0 Å². The van der Waals surface area contributed by atoms with Crippen LogP contribution >= 0.6 is 11.3 Å². The van der Waals surface area contributed by atoms with E-state index in [1.807, 2.05) is 13.8 Å². The highest BCUT2D eigenvalue weighted by Crippen LogP contribution is 2.21. The molecule has 0 aliphatic carbocycles. The van der Waals surface area contributed by atoms with Crippen LogP contribution in [0.1, 0.15) is 23.4 Å². The molecule has 7 nitrogen and oxygen atoms in total. The van der Waals surface area contributed by atoms with Gasteiger partial charge in [0.1, 0.15) is 9.97 Å². The number of nitrogens with one attached hydrogen (secondary N) is 1. The quantitative estimate of drug-likeness (QED) is 0.834. The van der Waals surface area contributed by atoms with E-state index in [-0.39, 0.29) is 16.9 Å². The van der Waals surface area contributed by atoms with Crippen molar-refractivity contribution < 1.29 is 22.4 Å². The predicted molar refractivity (Wildman–Crippen MR) is 88.4 cm³/mol. The standard InChI is InChI=1S/C15H20N2O5S2/c1-10-12(11(2)22-16-10)8-21-14-5-6-20-9-13(14)17-24(18,19)15-4-3-7-23-15/h3-4,7,13-14,17H,5-6,8-9H2,1-2H3/t13-,14+/m1/s1. The Labute approximate surface area is 145 Å². The maximum absolute atomic E-state index is 12.4. The Hall–Kier alpha value is -1.26. The van der Waals surface area contributed by atoms with Gasteiger partial charge < -0.3 is 14.0 Å². The van der Waals surface area contributed by atoms with E-state index in [0.717, 1.165) is 17.0 Å². The van der Waals surface area contributed by atoms with Crippen molar-refractivity contribution >= 4 is 21.4 Å². The van der Waals surface area contributed by atoms with E-state index in [4.69, 9.17) is 14.0 Å². The zero-order valence-corrected chi connectivity index (χ0v) is 15.2. The summed E-state index contributed by atoms with van der Waals surface area (Å²) in [5.74, 6) is 0.718. The second-order valence-corrected chi connectivity index (χ2v) is 8.56. The number of hydrogen-bond donors (Lipinski definition) is 1. The van der Waals surface area contributed by atoms with Gasteiger partial charge in [0.2, 0.25) is 10.0 Å². The van der Waals surface area contributed by atoms with E-state index in [9.17, 15) is 8.42 Å². The maximum Gasteiger partial charge on any atom is 0.250 e. The number of ether oxygens (including phenoxy) is 2. The van der Waals surface area contributed by atoms with Gasteiger partial charge in [-0.2, -0.15) is 0 Å². The van der Waals surface area contributed by atoms with E-state index in [0.29, 0.717) is 19.6 Å². The molecular weight excluding hydrogens is 352 g/mol. The van der Waals surface area contributed by atoms with Crippen LogP contribution in [0.15, 0.2) is 26.2 Å². The van der Waals surface area contributed by atoms with Crippen LogP contribution in [0, 0.1) is 13.8 Å². The van der Waals surface area contributed by atoms with Crippen molar-refractivity contribution in [2.75, 3.05) is 13.2 Å². The second kappa shape index (κ2) is 7.32. The highest BCUT2D eigenvalue weighted by molar-refractivity contribution is 7.91. The van der Waals surface area contributed by atoms with Gasteiger partial charge in [-0.05, 0) is 31.7 Å². The normalized spacial score (nSPS) is 21.9. The molecule has 2 aromatic heterocycles. The van der Waals surface area contributed by atoms with Crippen molar-refractivity contribution in [1.82, 2.24) is 9.88 Å². The summed E-state index contributed by atoms with van der Waals surface area (Å²) in [6.07, 6.45) is 0.364. The third kappa shape index (κ3) is 3.86. The fourth-order valence-electron chi connectivity index (χ4n) is 2.60. The minimum Gasteiger partial charge on any atom is -0.380 e. The minimum atomic E-state index is -3.56. The Balaban J connectivity index is 1.67. The molecule has 1 aliphatic rings. The van der Waals surface area contributed by atoms with Crippen LogP contribution in [-0.4, -0.2) is 38.9 Å². The number of thiophene rings is 1. The predicted octanol–water partition coefficient (Wildman–Crippen LogP) is 2.01. The molecule has 0 saturated carbocycles. The zero-order valence-electron chi connectivity index (χ0n) is 13.5. The molecule has 2 atom stereocenters. The molecule has 1 fully saturated rings. The molecule has 9 heteroatoms. The first-order chi connectivity index (χ1) is 11.5. The first-order valence-electron chi connectivity index (χ1n) is 7.64. The topological polar surface area (TPSA) is 90.7 Å². The molecule has 0 spiro atoms. The lowest BCUT2D eigenvalue weighted by molar-refractivity contribution is -0.0575. The molecule has 1 N–H and O–H groups in total. The SMILES string of the molecule is Cc1noc(C)c1CO[C@H]1CCOC[C@H]1NS(=O)(=O)c1cccs1. The van der Waals surface area contributed by atoms with Gasteiger partial charge in [0, 0.05) is 12.2 Å². The van der Waals surface area contributed by atoms with Crippen LogP contribution in [0.2, 0.25) is 0 Å². The molecule has 0 aromatic carbocycles. The number of sulfonamides is 1. The lowest BCUT2D eigenvalue weighted by Crippen LogP contribution is -2.50. The summed E-state index contributed by atoms with van der Waals surface area (Å²) >= 11 is 1.18. The van der Waals surface area contributed by atoms with Crippen molar-refractivity contribution in [3.63, 3.8) is 0 Å². The Bertz CT molecular complexity index is 750. The lowest BCUT2D eigenvalue weighted by Gasteiger charge is -2.31. The molecule has 0 unspecified atom stereocenters. The summed E-state index contributed by atoms with van der Waals surface area (Å²) in [7, 11) is -3.56. The molecule has 1 saturated heterocycles. The van der Waals surface area contributed by atoms with Gasteiger partial charge in [0.15, 0.2) is 0 Å². The van der Waals surface area contributed by atoms with Crippen molar-refractivity contribution in [1.29, 1.82) is 0 Å². The Morgan fingerprint density at radius 1 is 1.46 bits per heavy atom. The molecule has 3 heterocycles. The van der Waals surface area contributed by atoms with Gasteiger partial charge >= 0.3 is 0 Å². The summed E-state index contributed by atoms with van der Waals surface area (Å²) in [5, 5.41) is 5.64. The molecule has 132 valence electrons. The highest BCUT2D eigenvalue weighted by Gasteiger charge is 2.31. The average molecular weight is 372 g/mol. The third-order valence-electron chi connectivity index (χ3n) is 3.98. The second-order valence-electron chi connectivity index (χ2n) is 5.68. The van der Waals surface area contributed by atoms with Gasteiger partial charge in [-0.25, -0.2) is 13.1 Å². The lowest BCUT2D eigenvalue weighted by atomic mass is 10.1. The molecule has 24 heavy (non-hydrogen) atoms. The average Bonchev–Trinajstić information content (AvgIpc) is 3.18. The fraction of sp³-hybridized carbons (Fsp3) is 0.533. The van der Waals surface area contributed by atoms with Gasteiger partial charge in [0.05, 0.1) is 31.1 Å². The summed E-state index contributed by atoms with van der Waals surface area (Å²) in [5.41, 5.74) is 1.69. The molecule has 0 radical (unpaired) electrons. The third-order valence-corrected chi connectivity index (χ3v) is 6.87. The van der Waals surface area contributed by atoms with E-state index in [2.05, 4.69) is 9.88 Å². The maximum atomic E-state index is 12.4. The summed E-state index contributed by atoms with van der Waals surface area (Å²) in [6.45, 7) is 4.86. The molecular formula is C15H20N2O5S2. The van der Waals surface area contributed by atoms with Gasteiger partial charge in [-0.15, -0.1) is 11.3 Å². The molecule has 1 aliphatic heterocycles. The van der Waals surface area contributed by atoms with E-state index >= 15 is 0 Å². The molecule has 0 bridgehead atoms. The van der Waals surface area contributed by atoms with Crippen LogP contribution in [0.3, 0.4) is 0 Å². The largest absolute Gasteiger partial charge is 0.380 e. The highest BCUT2D eigenvalue weighted by atomic mass is 32.2. The fourth-order valence-corrected chi connectivity index (χ4v) is 4.86. The number of hydrogen-bond acceptors (Lipinski definition) is 7. The Morgan fingerprint density at radius 2 is 2.29 bits per heavy atom. The zero-order chi connectivity index (χ0) is 17.2. The number of aryl methyl sites for hydroxylation is 2. The van der Waals surface area contributed by atoms with E-state index < -0.39 is 16.1 Å². The van der Waals surface area contributed by atoms with Crippen LogP contribution in [0.4, 0.5) is 0 Å². The molecule has 3 rings (SSSR count). The van der Waals surface area contributed by atoms with Crippen molar-refractivity contribution in [3.05, 3.63) is 34.5 Å². The molecule has 0 amide bonds. The van der Waals surface area contributed by atoms with Crippen molar-refractivity contribution in [2.45, 2.75) is 43.2 Å². The number of nitrogens with zero attached hydrogens (tertiary/aromatic N) is 1. The molecule has 2 aromatic rings. The number of aromatic nitrogens is 1. The Kier molecular flexibility index (Phi) is 5.36.